The summed E-state index contributed by atoms with van der Waals surface area (Å²) in [6.45, 7) is 11.4. The molecular weight excluding hydrogens is 276 g/mol. The number of rotatable bonds is 8. The number of ether oxygens (including phenoxy) is 2. The lowest BCUT2D eigenvalue weighted by molar-refractivity contribution is -0.205. The van der Waals surface area contributed by atoms with E-state index in [1.54, 1.807) is 0 Å². The molecule has 4 nitrogen and oxygen atoms in total. The quantitative estimate of drug-likeness (QED) is 0.675. The van der Waals surface area contributed by atoms with Crippen molar-refractivity contribution in [2.24, 2.45) is 11.8 Å². The smallest absolute Gasteiger partial charge is 0.157 e. The van der Waals surface area contributed by atoms with Gasteiger partial charge in [0.25, 0.3) is 0 Å². The van der Waals surface area contributed by atoms with E-state index in [9.17, 15) is 0 Å². The zero-order valence-corrected chi connectivity index (χ0v) is 14.6. The maximum Gasteiger partial charge on any atom is 0.157 e. The Morgan fingerprint density at radius 1 is 1.18 bits per heavy atom. The first-order valence-corrected chi connectivity index (χ1v) is 8.80. The number of hydrogen-bond acceptors (Lipinski definition) is 3. The molecule has 0 saturated carbocycles. The van der Waals surface area contributed by atoms with Crippen LogP contribution < -0.4 is 0 Å². The van der Waals surface area contributed by atoms with Crippen molar-refractivity contribution in [1.29, 1.82) is 0 Å². The van der Waals surface area contributed by atoms with E-state index >= 15 is 0 Å². The summed E-state index contributed by atoms with van der Waals surface area (Å²) in [5.74, 6) is 1.73. The summed E-state index contributed by atoms with van der Waals surface area (Å²) in [7, 11) is 0. The van der Waals surface area contributed by atoms with Crippen LogP contribution >= 0.6 is 0 Å². The minimum atomic E-state index is 0.00672. The molecule has 1 aliphatic rings. The Balaban J connectivity index is 1.64. The molecule has 1 fully saturated rings. The molecule has 2 heterocycles. The van der Waals surface area contributed by atoms with E-state index in [0.717, 1.165) is 32.1 Å². The second-order valence-corrected chi connectivity index (χ2v) is 7.29. The van der Waals surface area contributed by atoms with Crippen LogP contribution in [-0.4, -0.2) is 29.3 Å². The summed E-state index contributed by atoms with van der Waals surface area (Å²) in [5, 5.41) is 4.43. The molecule has 4 heteroatoms. The van der Waals surface area contributed by atoms with Gasteiger partial charge in [0.1, 0.15) is 0 Å². The fourth-order valence-electron chi connectivity index (χ4n) is 2.76. The number of aromatic nitrogens is 2. The third-order valence-electron chi connectivity index (χ3n) is 4.27. The zero-order chi connectivity index (χ0) is 15.9. The highest BCUT2D eigenvalue weighted by Crippen LogP contribution is 2.19. The molecule has 0 aliphatic carbocycles. The lowest BCUT2D eigenvalue weighted by atomic mass is 10.1. The van der Waals surface area contributed by atoms with Gasteiger partial charge in [-0.1, -0.05) is 40.5 Å². The predicted molar refractivity (Wildman–Crippen MR) is 88.8 cm³/mol. The van der Waals surface area contributed by atoms with E-state index in [4.69, 9.17) is 9.47 Å². The van der Waals surface area contributed by atoms with E-state index in [0.29, 0.717) is 11.8 Å². The minimum absolute atomic E-state index is 0.00672. The second-order valence-electron chi connectivity index (χ2n) is 7.29. The van der Waals surface area contributed by atoms with Gasteiger partial charge in [0.05, 0.1) is 19.4 Å². The van der Waals surface area contributed by atoms with Crippen LogP contribution in [0.15, 0.2) is 12.4 Å². The van der Waals surface area contributed by atoms with Crippen LogP contribution in [0.5, 0.6) is 0 Å². The van der Waals surface area contributed by atoms with Gasteiger partial charge in [-0.2, -0.15) is 5.10 Å². The Morgan fingerprint density at radius 3 is 2.50 bits per heavy atom. The van der Waals surface area contributed by atoms with Crippen molar-refractivity contribution in [2.75, 3.05) is 13.2 Å². The van der Waals surface area contributed by atoms with E-state index < -0.39 is 0 Å². The summed E-state index contributed by atoms with van der Waals surface area (Å²) in [6, 6.07) is 0. The molecule has 2 rings (SSSR count). The molecule has 0 N–H and O–H groups in total. The molecule has 1 saturated heterocycles. The molecule has 0 unspecified atom stereocenters. The Kier molecular flexibility index (Phi) is 6.90. The van der Waals surface area contributed by atoms with Crippen LogP contribution in [0.3, 0.4) is 0 Å². The molecular formula is C18H32N2O2. The highest BCUT2D eigenvalue weighted by molar-refractivity contribution is 5.08. The third kappa shape index (κ3) is 5.73. The molecule has 0 bridgehead atoms. The Morgan fingerprint density at radius 2 is 1.91 bits per heavy atom. The maximum absolute atomic E-state index is 5.86. The van der Waals surface area contributed by atoms with Crippen molar-refractivity contribution < 1.29 is 9.47 Å². The van der Waals surface area contributed by atoms with Crippen molar-refractivity contribution >= 4 is 0 Å². The number of unbranched alkanes of at least 4 members (excludes halogenated alkanes) is 1. The van der Waals surface area contributed by atoms with Crippen LogP contribution in [-0.2, 0) is 16.0 Å². The Hall–Kier alpha value is -0.870. The van der Waals surface area contributed by atoms with Crippen molar-refractivity contribution in [3.05, 3.63) is 18.0 Å². The second kappa shape index (κ2) is 8.68. The number of hydrogen-bond donors (Lipinski definition) is 0. The standard InChI is InChI=1S/C18H32N2O2/c1-14(2)7-5-6-8-18-21-12-16(13-22-18)10-20-11-17(9-19-20)15(3)4/h9,11,14-16,18H,5-8,10,12-13H2,1-4H3. The summed E-state index contributed by atoms with van der Waals surface area (Å²) in [5.41, 5.74) is 1.29. The molecule has 0 aromatic carbocycles. The fourth-order valence-corrected chi connectivity index (χ4v) is 2.76. The lowest BCUT2D eigenvalue weighted by Crippen LogP contribution is -2.34. The van der Waals surface area contributed by atoms with E-state index in [2.05, 4.69) is 39.0 Å². The first kappa shape index (κ1) is 17.5. The van der Waals surface area contributed by atoms with Gasteiger partial charge in [-0.05, 0) is 30.2 Å². The van der Waals surface area contributed by atoms with Crippen molar-refractivity contribution in [3.8, 4) is 0 Å². The molecule has 1 aromatic rings. The van der Waals surface area contributed by atoms with Crippen molar-refractivity contribution in [2.45, 2.75) is 72.1 Å². The third-order valence-corrected chi connectivity index (χ3v) is 4.27. The molecule has 0 atom stereocenters. The van der Waals surface area contributed by atoms with E-state index in [1.807, 2.05) is 10.9 Å². The summed E-state index contributed by atoms with van der Waals surface area (Å²) in [6.07, 6.45) is 8.91. The van der Waals surface area contributed by atoms with Crippen LogP contribution in [0.1, 0.15) is 64.9 Å². The van der Waals surface area contributed by atoms with Gasteiger partial charge >= 0.3 is 0 Å². The first-order valence-electron chi connectivity index (χ1n) is 8.80. The van der Waals surface area contributed by atoms with Crippen molar-refractivity contribution in [3.63, 3.8) is 0 Å². The molecule has 0 spiro atoms. The van der Waals surface area contributed by atoms with Gasteiger partial charge in [-0.15, -0.1) is 0 Å². The highest BCUT2D eigenvalue weighted by Gasteiger charge is 2.22. The summed E-state index contributed by atoms with van der Waals surface area (Å²) >= 11 is 0. The highest BCUT2D eigenvalue weighted by atomic mass is 16.7. The average Bonchev–Trinajstić information content (AvgIpc) is 2.94. The maximum atomic E-state index is 5.86. The van der Waals surface area contributed by atoms with Gasteiger partial charge in [-0.25, -0.2) is 0 Å². The predicted octanol–water partition coefficient (Wildman–Crippen LogP) is 4.21. The summed E-state index contributed by atoms with van der Waals surface area (Å²) in [4.78, 5) is 0. The topological polar surface area (TPSA) is 36.3 Å². The molecule has 0 amide bonds. The molecule has 1 aromatic heterocycles. The molecule has 1 aliphatic heterocycles. The van der Waals surface area contributed by atoms with Gasteiger partial charge in [0.2, 0.25) is 0 Å². The normalized spacial score (nSPS) is 22.6. The minimum Gasteiger partial charge on any atom is -0.352 e. The van der Waals surface area contributed by atoms with E-state index in [1.165, 1.54) is 24.8 Å². The monoisotopic (exact) mass is 308 g/mol. The molecule has 0 radical (unpaired) electrons. The van der Waals surface area contributed by atoms with Crippen LogP contribution in [0, 0.1) is 11.8 Å². The molecule has 22 heavy (non-hydrogen) atoms. The lowest BCUT2D eigenvalue weighted by Gasteiger charge is -2.29. The molecule has 126 valence electrons. The SMILES string of the molecule is CC(C)CCCCC1OCC(Cn2cc(C(C)C)cn2)CO1. The van der Waals surface area contributed by atoms with Gasteiger partial charge in [0.15, 0.2) is 6.29 Å². The summed E-state index contributed by atoms with van der Waals surface area (Å²) < 4.78 is 13.7. The zero-order valence-electron chi connectivity index (χ0n) is 14.6. The Bertz CT molecular complexity index is 420. The van der Waals surface area contributed by atoms with Crippen LogP contribution in [0.4, 0.5) is 0 Å². The van der Waals surface area contributed by atoms with Crippen molar-refractivity contribution in [1.82, 2.24) is 9.78 Å². The van der Waals surface area contributed by atoms with Crippen LogP contribution in [0.2, 0.25) is 0 Å². The van der Waals surface area contributed by atoms with Gasteiger partial charge in [0, 0.05) is 18.7 Å². The largest absolute Gasteiger partial charge is 0.352 e. The van der Waals surface area contributed by atoms with Gasteiger partial charge < -0.3 is 9.47 Å². The average molecular weight is 308 g/mol. The first-order chi connectivity index (χ1) is 10.5. The van der Waals surface area contributed by atoms with Gasteiger partial charge in [-0.3, -0.25) is 4.68 Å². The number of nitrogens with zero attached hydrogens (tertiary/aromatic N) is 2. The fraction of sp³-hybridized carbons (Fsp3) is 0.833. The Labute approximate surface area is 135 Å². The van der Waals surface area contributed by atoms with E-state index in [-0.39, 0.29) is 6.29 Å². The van der Waals surface area contributed by atoms with Crippen LogP contribution in [0.25, 0.3) is 0 Å².